The molecule has 0 radical (unpaired) electrons. The number of aliphatic carboxylic acids is 1. The Morgan fingerprint density at radius 3 is 2.51 bits per heavy atom. The first-order valence-electron chi connectivity index (χ1n) is 13.1. The number of aliphatic hydroxyl groups excluding tert-OH is 5. The second-order valence-corrected chi connectivity index (χ2v) is 12.5. The van der Waals surface area contributed by atoms with Crippen molar-refractivity contribution in [2.24, 2.45) is 39.9 Å². The minimum atomic E-state index is -1.67. The molecule has 2 saturated heterocycles. The van der Waals surface area contributed by atoms with Gasteiger partial charge in [0.15, 0.2) is 6.29 Å². The summed E-state index contributed by atoms with van der Waals surface area (Å²) >= 11 is 0. The Hall–Kier alpha value is -1.60. The van der Waals surface area contributed by atoms with Crippen LogP contribution in [0, 0.1) is 39.9 Å². The van der Waals surface area contributed by atoms with Crippen LogP contribution in [0.4, 0.5) is 0 Å². The lowest BCUT2D eigenvalue weighted by atomic mass is 9.49. The topological polar surface area (TPSA) is 183 Å². The van der Waals surface area contributed by atoms with Crippen molar-refractivity contribution < 1.29 is 54.4 Å². The van der Waals surface area contributed by atoms with E-state index >= 15 is 0 Å². The smallest absolute Gasteiger partial charge is 0.314 e. The van der Waals surface area contributed by atoms with Gasteiger partial charge < -0.3 is 44.8 Å². The lowest BCUT2D eigenvalue weighted by Crippen LogP contribution is -2.69. The number of carboxylic acid groups (broad SMARTS) is 1. The van der Waals surface area contributed by atoms with Gasteiger partial charge in [-0.1, -0.05) is 12.2 Å². The third kappa shape index (κ3) is 3.07. The Balaban J connectivity index is 1.42. The van der Waals surface area contributed by atoms with Gasteiger partial charge in [-0.05, 0) is 56.3 Å². The lowest BCUT2D eigenvalue weighted by Gasteiger charge is -2.59. The average molecular weight is 525 g/mol. The molecule has 4 aliphatic carbocycles. The van der Waals surface area contributed by atoms with E-state index in [1.807, 2.05) is 0 Å². The zero-order valence-corrected chi connectivity index (χ0v) is 20.7. The minimum absolute atomic E-state index is 0.0146. The first-order chi connectivity index (χ1) is 17.4. The first kappa shape index (κ1) is 25.7. The van der Waals surface area contributed by atoms with E-state index in [1.54, 1.807) is 6.92 Å². The van der Waals surface area contributed by atoms with Gasteiger partial charge >= 0.3 is 11.9 Å². The molecule has 11 nitrogen and oxygen atoms in total. The van der Waals surface area contributed by atoms with Crippen LogP contribution in [0.25, 0.3) is 0 Å². The summed E-state index contributed by atoms with van der Waals surface area (Å²) in [6.45, 7) is 5.18. The van der Waals surface area contributed by atoms with Gasteiger partial charge in [-0.25, -0.2) is 0 Å². The second kappa shape index (κ2) is 8.20. The van der Waals surface area contributed by atoms with Gasteiger partial charge in [-0.2, -0.15) is 0 Å². The van der Waals surface area contributed by atoms with Crippen molar-refractivity contribution in [3.05, 3.63) is 12.2 Å². The summed E-state index contributed by atoms with van der Waals surface area (Å²) in [6, 6.07) is 0. The number of cyclic esters (lactones) is 1. The molecule has 4 bridgehead atoms. The van der Waals surface area contributed by atoms with Gasteiger partial charge in [0.1, 0.15) is 24.4 Å². The van der Waals surface area contributed by atoms with Crippen molar-refractivity contribution in [3.63, 3.8) is 0 Å². The molecule has 11 heteroatoms. The Labute approximate surface area is 214 Å². The predicted molar refractivity (Wildman–Crippen MR) is 122 cm³/mol. The SMILES string of the molecule is C=C1C[C@]23C[C@H]1CC[C@H]2[C@@]12COC(=O)[C@@](C)([C@@H](O)[C@H](O[C@@H]4O[C@H](CO)[C@@H](O)[C@H](O)[C@H]4O)C1)[C@H]2[C@@H]3C(=O)O. The number of carbonyl (C=O) groups is 2. The number of carboxylic acids is 1. The highest BCUT2D eigenvalue weighted by Crippen LogP contribution is 2.79. The molecule has 0 aromatic rings. The largest absolute Gasteiger partial charge is 0.481 e. The van der Waals surface area contributed by atoms with Crippen molar-refractivity contribution in [2.75, 3.05) is 13.2 Å². The Bertz CT molecular complexity index is 1010. The number of carbonyl (C=O) groups excluding carboxylic acids is 1. The maximum atomic E-state index is 13.4. The van der Waals surface area contributed by atoms with Crippen LogP contribution in [0.2, 0.25) is 0 Å². The molecule has 6 rings (SSSR count). The summed E-state index contributed by atoms with van der Waals surface area (Å²) in [5.74, 6) is -3.06. The number of allylic oxidation sites excluding steroid dienone is 1. The summed E-state index contributed by atoms with van der Waals surface area (Å²) in [7, 11) is 0. The normalized spacial score (nSPS) is 56.4. The molecule has 206 valence electrons. The van der Waals surface area contributed by atoms with Crippen LogP contribution in [-0.2, 0) is 23.8 Å². The molecular formula is C26H36O11. The highest BCUT2D eigenvalue weighted by Gasteiger charge is 2.81. The van der Waals surface area contributed by atoms with Crippen LogP contribution >= 0.6 is 0 Å². The van der Waals surface area contributed by atoms with Crippen LogP contribution in [0.5, 0.6) is 0 Å². The molecule has 0 aromatic carbocycles. The van der Waals surface area contributed by atoms with Crippen molar-refractivity contribution in [1.29, 1.82) is 0 Å². The first-order valence-corrected chi connectivity index (χ1v) is 13.1. The van der Waals surface area contributed by atoms with E-state index in [-0.39, 0.29) is 24.9 Å². The number of esters is 1. The van der Waals surface area contributed by atoms with Gasteiger partial charge in [-0.15, -0.1) is 0 Å². The molecule has 14 atom stereocenters. The van der Waals surface area contributed by atoms with Crippen LogP contribution in [-0.4, -0.2) is 98.7 Å². The summed E-state index contributed by atoms with van der Waals surface area (Å²) in [6.07, 6.45) is -7.07. The van der Waals surface area contributed by atoms with E-state index in [1.165, 1.54) is 0 Å². The number of rotatable bonds is 4. The zero-order chi connectivity index (χ0) is 26.7. The summed E-state index contributed by atoms with van der Waals surface area (Å²) in [5.41, 5.74) is -1.92. The zero-order valence-electron chi connectivity index (χ0n) is 20.7. The molecule has 0 aromatic heterocycles. The van der Waals surface area contributed by atoms with E-state index in [9.17, 15) is 40.2 Å². The molecule has 2 heterocycles. The molecule has 6 aliphatic rings. The van der Waals surface area contributed by atoms with E-state index in [0.29, 0.717) is 12.8 Å². The Kier molecular flexibility index (Phi) is 5.69. The third-order valence-electron chi connectivity index (χ3n) is 11.1. The average Bonchev–Trinajstić information content (AvgIpc) is 3.27. The third-order valence-corrected chi connectivity index (χ3v) is 11.1. The second-order valence-electron chi connectivity index (χ2n) is 12.5. The fraction of sp³-hybridized carbons (Fsp3) is 0.846. The molecule has 6 fully saturated rings. The van der Waals surface area contributed by atoms with Crippen molar-refractivity contribution >= 4 is 11.9 Å². The number of hydrogen-bond donors (Lipinski definition) is 6. The number of aliphatic hydroxyl groups is 5. The highest BCUT2D eigenvalue weighted by molar-refractivity contribution is 5.83. The standard InChI is InChI=1S/C26H36O11/c1-10-5-25-6-11(10)3-4-14(25)26-7-12(36-22-18(30)17(29)16(28)13(8-27)37-22)20(31)24(2,23(34)35-9-26)19(26)15(25)21(32)33/h11-20,22,27-31H,1,3-9H2,2H3,(H,32,33)/t11-,12-,13-,14-,15-,16-,17+,18-,19-,20+,22-,24-,25+,26+/m1/s1. The van der Waals surface area contributed by atoms with Crippen LogP contribution in [0.1, 0.15) is 39.0 Å². The predicted octanol–water partition coefficient (Wildman–Crippen LogP) is -0.821. The van der Waals surface area contributed by atoms with Crippen molar-refractivity contribution in [1.82, 2.24) is 0 Å². The van der Waals surface area contributed by atoms with Gasteiger partial charge in [0.25, 0.3) is 0 Å². The molecule has 2 aliphatic heterocycles. The summed E-state index contributed by atoms with van der Waals surface area (Å²) < 4.78 is 17.3. The molecule has 37 heavy (non-hydrogen) atoms. The highest BCUT2D eigenvalue weighted by atomic mass is 16.7. The van der Waals surface area contributed by atoms with Crippen molar-refractivity contribution in [2.45, 2.75) is 81.9 Å². The fourth-order valence-corrected chi connectivity index (χ4v) is 9.65. The fourth-order valence-electron chi connectivity index (χ4n) is 9.65. The molecule has 4 saturated carbocycles. The molecule has 0 amide bonds. The molecule has 0 unspecified atom stereocenters. The maximum Gasteiger partial charge on any atom is 0.314 e. The van der Waals surface area contributed by atoms with E-state index in [0.717, 1.165) is 18.4 Å². The van der Waals surface area contributed by atoms with E-state index < -0.39 is 89.5 Å². The van der Waals surface area contributed by atoms with E-state index in [2.05, 4.69) is 6.58 Å². The van der Waals surface area contributed by atoms with Gasteiger partial charge in [0.2, 0.25) is 0 Å². The van der Waals surface area contributed by atoms with Crippen LogP contribution in [0.15, 0.2) is 12.2 Å². The van der Waals surface area contributed by atoms with E-state index in [4.69, 9.17) is 14.2 Å². The summed E-state index contributed by atoms with van der Waals surface area (Å²) in [5, 5.41) is 62.7. The lowest BCUT2D eigenvalue weighted by molar-refractivity contribution is -0.335. The quantitative estimate of drug-likeness (QED) is 0.200. The van der Waals surface area contributed by atoms with Gasteiger partial charge in [0.05, 0.1) is 36.8 Å². The van der Waals surface area contributed by atoms with Crippen LogP contribution in [0.3, 0.4) is 0 Å². The molecule has 1 spiro atoms. The minimum Gasteiger partial charge on any atom is -0.481 e. The van der Waals surface area contributed by atoms with Gasteiger partial charge in [0, 0.05) is 11.3 Å². The number of ether oxygens (including phenoxy) is 3. The maximum absolute atomic E-state index is 13.4. The Morgan fingerprint density at radius 1 is 1.11 bits per heavy atom. The number of fused-ring (bicyclic) bond motifs is 1. The Morgan fingerprint density at radius 2 is 1.84 bits per heavy atom. The van der Waals surface area contributed by atoms with Gasteiger partial charge in [-0.3, -0.25) is 9.59 Å². The molecular weight excluding hydrogens is 488 g/mol. The van der Waals surface area contributed by atoms with Crippen molar-refractivity contribution in [3.8, 4) is 0 Å². The monoisotopic (exact) mass is 524 g/mol. The summed E-state index contributed by atoms with van der Waals surface area (Å²) in [4.78, 5) is 26.3. The van der Waals surface area contributed by atoms with Crippen LogP contribution < -0.4 is 0 Å². The number of hydrogen-bond acceptors (Lipinski definition) is 10. The molecule has 6 N–H and O–H groups in total.